The van der Waals surface area contributed by atoms with Gasteiger partial charge in [0.05, 0.1) is 13.2 Å². The Morgan fingerprint density at radius 2 is 1.28 bits per heavy atom. The average molecular weight is 573 g/mol. The molecule has 0 aromatic heterocycles. The van der Waals surface area contributed by atoms with Gasteiger partial charge in [-0.1, -0.05) is 98.8 Å². The van der Waals surface area contributed by atoms with Crippen molar-refractivity contribution in [2.45, 2.75) is 46.6 Å². The van der Waals surface area contributed by atoms with E-state index in [0.717, 1.165) is 81.0 Å². The Labute approximate surface area is 255 Å². The van der Waals surface area contributed by atoms with E-state index in [9.17, 15) is 5.11 Å². The fourth-order valence-electron chi connectivity index (χ4n) is 5.43. The van der Waals surface area contributed by atoms with Gasteiger partial charge in [-0.15, -0.1) is 0 Å². The van der Waals surface area contributed by atoms with E-state index in [-0.39, 0.29) is 5.75 Å². The summed E-state index contributed by atoms with van der Waals surface area (Å²) in [6.45, 7) is 7.88. The van der Waals surface area contributed by atoms with Gasteiger partial charge in [0, 0.05) is 29.2 Å². The van der Waals surface area contributed by atoms with Crippen molar-refractivity contribution < 1.29 is 19.3 Å². The fraction of sp³-hybridized carbons (Fsp3) is 0.231. The van der Waals surface area contributed by atoms with Gasteiger partial charge in [-0.2, -0.15) is 0 Å². The Hall–Kier alpha value is -4.70. The van der Waals surface area contributed by atoms with Crippen molar-refractivity contribution in [1.82, 2.24) is 0 Å². The standard InChI is InChI=1S/C39H40O4/c1-4-30-25-34(31-17-10-7-11-18-31)38(43-27-29-15-8-6-9-16-29)26-37(30)42-24-14-23-41-36-22-21-28(3)39(32(36)5-2)33-19-12-13-20-35(33)40/h6-13,15-22,25-26,40H,4-5,14,23-24,27H2,1-3H3. The van der Waals surface area contributed by atoms with Crippen LogP contribution in [0.2, 0.25) is 0 Å². The van der Waals surface area contributed by atoms with Crippen molar-refractivity contribution in [2.24, 2.45) is 0 Å². The minimum Gasteiger partial charge on any atom is -0.507 e. The minimum atomic E-state index is 0.281. The molecule has 0 saturated heterocycles. The molecule has 4 heteroatoms. The maximum absolute atomic E-state index is 10.5. The summed E-state index contributed by atoms with van der Waals surface area (Å²) in [6, 6.07) is 36.4. The third kappa shape index (κ3) is 7.21. The molecule has 0 radical (unpaired) electrons. The molecule has 1 N–H and O–H groups in total. The highest BCUT2D eigenvalue weighted by Crippen LogP contribution is 2.39. The van der Waals surface area contributed by atoms with Gasteiger partial charge in [0.15, 0.2) is 0 Å². The monoisotopic (exact) mass is 572 g/mol. The summed E-state index contributed by atoms with van der Waals surface area (Å²) in [4.78, 5) is 0. The molecule has 0 fully saturated rings. The SMILES string of the molecule is CCc1cc(-c2ccccc2)c(OCc2ccccc2)cc1OCCCOc1ccc(C)c(-c2ccccc2O)c1CC. The van der Waals surface area contributed by atoms with E-state index < -0.39 is 0 Å². The molecule has 0 spiro atoms. The summed E-state index contributed by atoms with van der Waals surface area (Å²) in [5.41, 5.74) is 8.55. The number of ether oxygens (including phenoxy) is 3. The molecule has 0 aliphatic heterocycles. The third-order valence-corrected chi connectivity index (χ3v) is 7.67. The Morgan fingerprint density at radius 3 is 1.98 bits per heavy atom. The molecule has 0 atom stereocenters. The highest BCUT2D eigenvalue weighted by Gasteiger charge is 2.16. The van der Waals surface area contributed by atoms with Gasteiger partial charge in [-0.05, 0) is 65.8 Å². The molecule has 5 aromatic carbocycles. The molecule has 43 heavy (non-hydrogen) atoms. The molecule has 0 aliphatic carbocycles. The lowest BCUT2D eigenvalue weighted by molar-refractivity contribution is 0.243. The molecular weight excluding hydrogens is 532 g/mol. The van der Waals surface area contributed by atoms with Crippen molar-refractivity contribution in [2.75, 3.05) is 13.2 Å². The highest BCUT2D eigenvalue weighted by atomic mass is 16.5. The smallest absolute Gasteiger partial charge is 0.131 e. The number of para-hydroxylation sites is 1. The molecule has 0 saturated carbocycles. The molecule has 0 amide bonds. The molecule has 0 heterocycles. The van der Waals surface area contributed by atoms with Crippen LogP contribution in [0, 0.1) is 6.92 Å². The Morgan fingerprint density at radius 1 is 0.605 bits per heavy atom. The van der Waals surface area contributed by atoms with Crippen LogP contribution in [0.1, 0.15) is 42.5 Å². The van der Waals surface area contributed by atoms with Crippen LogP contribution in [-0.2, 0) is 19.4 Å². The number of rotatable bonds is 13. The van der Waals surface area contributed by atoms with Gasteiger partial charge in [-0.3, -0.25) is 0 Å². The van der Waals surface area contributed by atoms with Crippen molar-refractivity contribution >= 4 is 0 Å². The Balaban J connectivity index is 1.29. The summed E-state index contributed by atoms with van der Waals surface area (Å²) in [5.74, 6) is 2.78. The molecule has 0 aliphatic rings. The van der Waals surface area contributed by atoms with Crippen LogP contribution in [0.4, 0.5) is 0 Å². The van der Waals surface area contributed by atoms with Crippen LogP contribution in [0.3, 0.4) is 0 Å². The summed E-state index contributed by atoms with van der Waals surface area (Å²) < 4.78 is 19.0. The van der Waals surface area contributed by atoms with E-state index in [0.29, 0.717) is 19.8 Å². The number of phenolic OH excluding ortho intramolecular Hbond substituents is 1. The van der Waals surface area contributed by atoms with Crippen LogP contribution in [0.5, 0.6) is 23.0 Å². The van der Waals surface area contributed by atoms with Crippen molar-refractivity contribution in [3.63, 3.8) is 0 Å². The third-order valence-electron chi connectivity index (χ3n) is 7.67. The zero-order chi connectivity index (χ0) is 30.0. The number of aromatic hydroxyl groups is 1. The van der Waals surface area contributed by atoms with Crippen LogP contribution in [0.15, 0.2) is 109 Å². The number of phenols is 1. The lowest BCUT2D eigenvalue weighted by Gasteiger charge is -2.19. The van der Waals surface area contributed by atoms with E-state index in [1.807, 2.05) is 54.6 Å². The van der Waals surface area contributed by atoms with Crippen LogP contribution < -0.4 is 14.2 Å². The first kappa shape index (κ1) is 29.8. The second-order valence-corrected chi connectivity index (χ2v) is 10.6. The second-order valence-electron chi connectivity index (χ2n) is 10.6. The van der Waals surface area contributed by atoms with E-state index in [1.165, 1.54) is 0 Å². The number of benzene rings is 5. The van der Waals surface area contributed by atoms with E-state index >= 15 is 0 Å². The topological polar surface area (TPSA) is 47.9 Å². The van der Waals surface area contributed by atoms with Crippen molar-refractivity contribution in [3.05, 3.63) is 131 Å². The maximum atomic E-state index is 10.5. The molecular formula is C39H40O4. The first-order valence-corrected chi connectivity index (χ1v) is 15.1. The van der Waals surface area contributed by atoms with E-state index in [1.54, 1.807) is 6.07 Å². The van der Waals surface area contributed by atoms with E-state index in [2.05, 4.69) is 69.3 Å². The maximum Gasteiger partial charge on any atom is 0.131 e. The number of hydrogen-bond acceptors (Lipinski definition) is 4. The lowest BCUT2D eigenvalue weighted by atomic mass is 9.92. The Bertz CT molecular complexity index is 1630. The molecule has 5 rings (SSSR count). The fourth-order valence-corrected chi connectivity index (χ4v) is 5.43. The van der Waals surface area contributed by atoms with E-state index in [4.69, 9.17) is 14.2 Å². The summed E-state index contributed by atoms with van der Waals surface area (Å²) in [6.07, 6.45) is 2.38. The van der Waals surface area contributed by atoms with Crippen LogP contribution in [-0.4, -0.2) is 18.3 Å². The summed E-state index contributed by atoms with van der Waals surface area (Å²) in [5, 5.41) is 10.5. The average Bonchev–Trinajstić information content (AvgIpc) is 3.05. The van der Waals surface area contributed by atoms with Gasteiger partial charge in [-0.25, -0.2) is 0 Å². The number of aryl methyl sites for hydroxylation is 2. The summed E-state index contributed by atoms with van der Waals surface area (Å²) in [7, 11) is 0. The van der Waals surface area contributed by atoms with Gasteiger partial charge < -0.3 is 19.3 Å². The van der Waals surface area contributed by atoms with Gasteiger partial charge in [0.1, 0.15) is 29.6 Å². The molecule has 0 bridgehead atoms. The van der Waals surface area contributed by atoms with Gasteiger partial charge in [0.25, 0.3) is 0 Å². The molecule has 5 aromatic rings. The van der Waals surface area contributed by atoms with Crippen molar-refractivity contribution in [1.29, 1.82) is 0 Å². The zero-order valence-corrected chi connectivity index (χ0v) is 25.3. The largest absolute Gasteiger partial charge is 0.507 e. The number of hydrogen-bond donors (Lipinski definition) is 1. The van der Waals surface area contributed by atoms with Crippen molar-refractivity contribution in [3.8, 4) is 45.3 Å². The zero-order valence-electron chi connectivity index (χ0n) is 25.3. The predicted molar refractivity (Wildman–Crippen MR) is 175 cm³/mol. The second kappa shape index (κ2) is 14.5. The van der Waals surface area contributed by atoms with Gasteiger partial charge in [0.2, 0.25) is 0 Å². The normalized spacial score (nSPS) is 10.9. The molecule has 4 nitrogen and oxygen atoms in total. The first-order valence-electron chi connectivity index (χ1n) is 15.1. The molecule has 220 valence electrons. The lowest BCUT2D eigenvalue weighted by Crippen LogP contribution is -2.08. The Kier molecular flexibility index (Phi) is 10.0. The predicted octanol–water partition coefficient (Wildman–Crippen LogP) is 9.59. The minimum absolute atomic E-state index is 0.281. The molecule has 0 unspecified atom stereocenters. The van der Waals surface area contributed by atoms with Crippen LogP contribution >= 0.6 is 0 Å². The quantitative estimate of drug-likeness (QED) is 0.143. The summed E-state index contributed by atoms with van der Waals surface area (Å²) >= 11 is 0. The highest BCUT2D eigenvalue weighted by molar-refractivity contribution is 5.78. The van der Waals surface area contributed by atoms with Crippen LogP contribution in [0.25, 0.3) is 22.3 Å². The first-order chi connectivity index (χ1) is 21.1. The van der Waals surface area contributed by atoms with Gasteiger partial charge >= 0.3 is 0 Å².